The van der Waals surface area contributed by atoms with Crippen LogP contribution in [0.3, 0.4) is 0 Å². The summed E-state index contributed by atoms with van der Waals surface area (Å²) in [5, 5.41) is 10.3. The molecule has 6 heteroatoms. The molecule has 0 aromatic heterocycles. The van der Waals surface area contributed by atoms with Gasteiger partial charge in [-0.15, -0.1) is 0 Å². The highest BCUT2D eigenvalue weighted by Gasteiger charge is 2.34. The summed E-state index contributed by atoms with van der Waals surface area (Å²) in [5.74, 6) is 4.33. The van der Waals surface area contributed by atoms with E-state index in [1.807, 2.05) is 0 Å². The number of rotatable bonds is 4. The Kier molecular flexibility index (Phi) is 4.25. The summed E-state index contributed by atoms with van der Waals surface area (Å²) in [7, 11) is 1.60. The highest BCUT2D eigenvalue weighted by molar-refractivity contribution is 5.99. The standard InChI is InChI=1S/C14H20FN3O2/c1-18(9-14(20)7-2-3-8-14)13(19)10-5-4-6-11(15)12(10)17-16/h4-6,17,20H,2-3,7-9,16H2,1H3. The molecule has 0 unspecified atom stereocenters. The molecule has 0 saturated heterocycles. The number of hydrogen-bond donors (Lipinski definition) is 3. The summed E-state index contributed by atoms with van der Waals surface area (Å²) < 4.78 is 13.6. The maximum absolute atomic E-state index is 13.6. The van der Waals surface area contributed by atoms with Gasteiger partial charge in [0.15, 0.2) is 0 Å². The van der Waals surface area contributed by atoms with E-state index >= 15 is 0 Å². The highest BCUT2D eigenvalue weighted by Crippen LogP contribution is 2.30. The SMILES string of the molecule is CN(CC1(O)CCCC1)C(=O)c1cccc(F)c1NN. The molecule has 1 aromatic rings. The molecule has 0 aliphatic heterocycles. The molecule has 20 heavy (non-hydrogen) atoms. The van der Waals surface area contributed by atoms with E-state index in [4.69, 9.17) is 5.84 Å². The van der Waals surface area contributed by atoms with E-state index in [-0.39, 0.29) is 23.7 Å². The number of likely N-dealkylation sites (N-methyl/N-ethyl adjacent to an activating group) is 1. The molecule has 1 aliphatic carbocycles. The normalized spacial score (nSPS) is 17.0. The summed E-state index contributed by atoms with van der Waals surface area (Å²) >= 11 is 0. The van der Waals surface area contributed by atoms with Crippen LogP contribution in [-0.2, 0) is 0 Å². The van der Waals surface area contributed by atoms with Crippen LogP contribution in [-0.4, -0.2) is 35.1 Å². The molecule has 0 radical (unpaired) electrons. The second kappa shape index (κ2) is 5.76. The van der Waals surface area contributed by atoms with Crippen LogP contribution in [0.2, 0.25) is 0 Å². The number of nitrogens with two attached hydrogens (primary N) is 1. The largest absolute Gasteiger partial charge is 0.388 e. The third-order valence-electron chi connectivity index (χ3n) is 3.80. The highest BCUT2D eigenvalue weighted by atomic mass is 19.1. The van der Waals surface area contributed by atoms with Crippen molar-refractivity contribution in [3.63, 3.8) is 0 Å². The second-order valence-electron chi connectivity index (χ2n) is 5.40. The lowest BCUT2D eigenvalue weighted by molar-refractivity contribution is 0.0157. The Hall–Kier alpha value is -1.66. The summed E-state index contributed by atoms with van der Waals surface area (Å²) in [6, 6.07) is 4.20. The Morgan fingerprint density at radius 1 is 1.50 bits per heavy atom. The molecule has 1 aliphatic rings. The number of nitrogens with zero attached hydrogens (tertiary/aromatic N) is 1. The molecular formula is C14H20FN3O2. The lowest BCUT2D eigenvalue weighted by Crippen LogP contribution is -2.42. The van der Waals surface area contributed by atoms with Crippen molar-refractivity contribution in [2.75, 3.05) is 19.0 Å². The number of aliphatic hydroxyl groups is 1. The fourth-order valence-corrected chi connectivity index (χ4v) is 2.76. The van der Waals surface area contributed by atoms with Gasteiger partial charge in [0.2, 0.25) is 0 Å². The van der Waals surface area contributed by atoms with Gasteiger partial charge in [-0.2, -0.15) is 0 Å². The van der Waals surface area contributed by atoms with Crippen LogP contribution in [0, 0.1) is 5.82 Å². The van der Waals surface area contributed by atoms with Gasteiger partial charge in [-0.3, -0.25) is 10.6 Å². The molecule has 1 aromatic carbocycles. The molecule has 0 bridgehead atoms. The van der Waals surface area contributed by atoms with Gasteiger partial charge in [-0.05, 0) is 25.0 Å². The van der Waals surface area contributed by atoms with Gasteiger partial charge in [0.1, 0.15) is 5.82 Å². The molecule has 5 nitrogen and oxygen atoms in total. The third kappa shape index (κ3) is 2.91. The Morgan fingerprint density at radius 2 is 2.15 bits per heavy atom. The topological polar surface area (TPSA) is 78.6 Å². The van der Waals surface area contributed by atoms with Crippen molar-refractivity contribution in [1.29, 1.82) is 0 Å². The maximum Gasteiger partial charge on any atom is 0.255 e. The zero-order chi connectivity index (χ0) is 14.8. The minimum Gasteiger partial charge on any atom is -0.388 e. The van der Waals surface area contributed by atoms with Crippen LogP contribution in [0.25, 0.3) is 0 Å². The first kappa shape index (κ1) is 14.7. The van der Waals surface area contributed by atoms with Crippen molar-refractivity contribution < 1.29 is 14.3 Å². The number of hydrogen-bond acceptors (Lipinski definition) is 4. The Morgan fingerprint density at radius 3 is 2.75 bits per heavy atom. The van der Waals surface area contributed by atoms with Crippen LogP contribution in [0.1, 0.15) is 36.0 Å². The predicted molar refractivity (Wildman–Crippen MR) is 74.6 cm³/mol. The molecule has 0 atom stereocenters. The first-order chi connectivity index (χ1) is 9.47. The second-order valence-corrected chi connectivity index (χ2v) is 5.40. The van der Waals surface area contributed by atoms with Crippen molar-refractivity contribution in [2.45, 2.75) is 31.3 Å². The number of carbonyl (C=O) groups excluding carboxylic acids is 1. The zero-order valence-corrected chi connectivity index (χ0v) is 11.5. The average Bonchev–Trinajstić information content (AvgIpc) is 2.84. The van der Waals surface area contributed by atoms with Crippen molar-refractivity contribution in [3.05, 3.63) is 29.6 Å². The average molecular weight is 281 g/mol. The molecule has 110 valence electrons. The van der Waals surface area contributed by atoms with Crippen molar-refractivity contribution in [3.8, 4) is 0 Å². The maximum atomic E-state index is 13.6. The molecular weight excluding hydrogens is 261 g/mol. The van der Waals surface area contributed by atoms with Gasteiger partial charge in [0, 0.05) is 13.6 Å². The Balaban J connectivity index is 2.16. The van der Waals surface area contributed by atoms with E-state index in [1.54, 1.807) is 7.05 Å². The van der Waals surface area contributed by atoms with Crippen LogP contribution in [0.4, 0.5) is 10.1 Å². The quantitative estimate of drug-likeness (QED) is 0.577. The van der Waals surface area contributed by atoms with E-state index in [0.29, 0.717) is 12.8 Å². The number of benzene rings is 1. The van der Waals surface area contributed by atoms with Gasteiger partial charge in [0.05, 0.1) is 16.9 Å². The van der Waals surface area contributed by atoms with Crippen LogP contribution in [0.5, 0.6) is 0 Å². The first-order valence-corrected chi connectivity index (χ1v) is 6.70. The van der Waals surface area contributed by atoms with Crippen molar-refractivity contribution in [2.24, 2.45) is 5.84 Å². The van der Waals surface area contributed by atoms with Gasteiger partial charge < -0.3 is 15.4 Å². The number of hydrazine groups is 1. The molecule has 2 rings (SSSR count). The van der Waals surface area contributed by atoms with Crippen molar-refractivity contribution in [1.82, 2.24) is 4.90 Å². The van der Waals surface area contributed by atoms with Gasteiger partial charge in [-0.25, -0.2) is 4.39 Å². The lowest BCUT2D eigenvalue weighted by atomic mass is 10.0. The van der Waals surface area contributed by atoms with Gasteiger partial charge >= 0.3 is 0 Å². The van der Waals surface area contributed by atoms with E-state index in [2.05, 4.69) is 5.43 Å². The molecule has 1 saturated carbocycles. The number of amides is 1. The lowest BCUT2D eigenvalue weighted by Gasteiger charge is -2.29. The molecule has 0 heterocycles. The number of carbonyl (C=O) groups is 1. The molecule has 1 amide bonds. The Labute approximate surface area is 117 Å². The minimum absolute atomic E-state index is 0.0252. The summed E-state index contributed by atoms with van der Waals surface area (Å²) in [5.41, 5.74) is 1.53. The number of nitrogens with one attached hydrogen (secondary N) is 1. The van der Waals surface area contributed by atoms with Crippen LogP contribution < -0.4 is 11.3 Å². The van der Waals surface area contributed by atoms with Crippen LogP contribution in [0.15, 0.2) is 18.2 Å². The van der Waals surface area contributed by atoms with Gasteiger partial charge in [0.25, 0.3) is 5.91 Å². The molecule has 1 fully saturated rings. The third-order valence-corrected chi connectivity index (χ3v) is 3.80. The summed E-state index contributed by atoms with van der Waals surface area (Å²) in [4.78, 5) is 13.8. The summed E-state index contributed by atoms with van der Waals surface area (Å²) in [6.45, 7) is 0.242. The van der Waals surface area contributed by atoms with Crippen molar-refractivity contribution >= 4 is 11.6 Å². The monoisotopic (exact) mass is 281 g/mol. The van der Waals surface area contributed by atoms with E-state index < -0.39 is 11.4 Å². The number of para-hydroxylation sites is 1. The fourth-order valence-electron chi connectivity index (χ4n) is 2.76. The van der Waals surface area contributed by atoms with E-state index in [1.165, 1.54) is 23.1 Å². The number of nitrogen functional groups attached to an aromatic ring is 1. The molecule has 4 N–H and O–H groups in total. The summed E-state index contributed by atoms with van der Waals surface area (Å²) in [6.07, 6.45) is 3.31. The van der Waals surface area contributed by atoms with E-state index in [9.17, 15) is 14.3 Å². The van der Waals surface area contributed by atoms with E-state index in [0.717, 1.165) is 12.8 Å². The smallest absolute Gasteiger partial charge is 0.255 e. The first-order valence-electron chi connectivity index (χ1n) is 6.70. The number of halogens is 1. The fraction of sp³-hybridized carbons (Fsp3) is 0.500. The Bertz CT molecular complexity index is 501. The zero-order valence-electron chi connectivity index (χ0n) is 11.5. The minimum atomic E-state index is -0.825. The number of anilines is 1. The van der Waals surface area contributed by atoms with Crippen LogP contribution >= 0.6 is 0 Å². The predicted octanol–water partition coefficient (Wildman–Crippen LogP) is 1.49. The van der Waals surface area contributed by atoms with Gasteiger partial charge in [-0.1, -0.05) is 18.9 Å². The molecule has 0 spiro atoms.